The maximum atomic E-state index is 12.7. The van der Waals surface area contributed by atoms with E-state index in [1.165, 1.54) is 20.1 Å². The zero-order chi connectivity index (χ0) is 22.5. The molecule has 3 rings (SSSR count). The van der Waals surface area contributed by atoms with Crippen LogP contribution in [0.15, 0.2) is 51.7 Å². The normalized spacial score (nSPS) is 11.6. The van der Waals surface area contributed by atoms with Crippen LogP contribution in [0.3, 0.4) is 0 Å². The van der Waals surface area contributed by atoms with Crippen molar-refractivity contribution in [3.05, 3.63) is 64.0 Å². The first-order valence-corrected chi connectivity index (χ1v) is 9.80. The van der Waals surface area contributed by atoms with Crippen molar-refractivity contribution in [2.45, 2.75) is 26.8 Å². The van der Waals surface area contributed by atoms with Gasteiger partial charge in [0.25, 0.3) is 5.91 Å². The summed E-state index contributed by atoms with van der Waals surface area (Å²) in [4.78, 5) is 36.4. The Morgan fingerprint density at radius 3 is 2.45 bits per heavy atom. The molecule has 1 atom stereocenters. The molecular formula is C23H24N2O6. The summed E-state index contributed by atoms with van der Waals surface area (Å²) >= 11 is 0. The van der Waals surface area contributed by atoms with Crippen molar-refractivity contribution in [3.63, 3.8) is 0 Å². The van der Waals surface area contributed by atoms with Gasteiger partial charge in [0.1, 0.15) is 5.56 Å². The van der Waals surface area contributed by atoms with Gasteiger partial charge in [-0.25, -0.2) is 4.79 Å². The average Bonchev–Trinajstić information content (AvgIpc) is 2.74. The van der Waals surface area contributed by atoms with Crippen molar-refractivity contribution in [2.24, 2.45) is 0 Å². The highest BCUT2D eigenvalue weighted by atomic mass is 16.5. The lowest BCUT2D eigenvalue weighted by atomic mass is 10.1. The molecule has 0 saturated carbocycles. The van der Waals surface area contributed by atoms with Gasteiger partial charge < -0.3 is 24.5 Å². The van der Waals surface area contributed by atoms with Gasteiger partial charge in [0.05, 0.1) is 19.8 Å². The van der Waals surface area contributed by atoms with Crippen molar-refractivity contribution in [1.29, 1.82) is 0 Å². The molecule has 0 fully saturated rings. The van der Waals surface area contributed by atoms with E-state index in [0.29, 0.717) is 29.2 Å². The SMILES string of the molecule is CCOc1c(OC)ccc2cc(C(=O)Nc3ccc([C@H](C)NC(C)=O)cc3)c(=O)oc12. The molecule has 2 amide bonds. The molecule has 2 aromatic carbocycles. The second kappa shape index (κ2) is 9.34. The van der Waals surface area contributed by atoms with Gasteiger partial charge in [-0.1, -0.05) is 12.1 Å². The molecule has 0 aliphatic carbocycles. The summed E-state index contributed by atoms with van der Waals surface area (Å²) in [7, 11) is 1.49. The Kier molecular flexibility index (Phi) is 6.59. The number of anilines is 1. The third-order valence-electron chi connectivity index (χ3n) is 4.66. The second-order valence-corrected chi connectivity index (χ2v) is 6.89. The van der Waals surface area contributed by atoms with Gasteiger partial charge in [-0.2, -0.15) is 0 Å². The van der Waals surface area contributed by atoms with Crippen molar-refractivity contribution >= 4 is 28.5 Å². The molecule has 162 valence electrons. The number of hydrogen-bond donors (Lipinski definition) is 2. The van der Waals surface area contributed by atoms with E-state index in [1.807, 2.05) is 6.92 Å². The van der Waals surface area contributed by atoms with Crippen LogP contribution < -0.4 is 25.7 Å². The predicted molar refractivity (Wildman–Crippen MR) is 117 cm³/mol. The monoisotopic (exact) mass is 424 g/mol. The first kappa shape index (κ1) is 21.9. The van der Waals surface area contributed by atoms with Crippen LogP contribution in [0.4, 0.5) is 5.69 Å². The molecular weight excluding hydrogens is 400 g/mol. The molecule has 31 heavy (non-hydrogen) atoms. The topological polar surface area (TPSA) is 107 Å². The average molecular weight is 424 g/mol. The Hall–Kier alpha value is -3.81. The molecule has 8 heteroatoms. The Bertz CT molecular complexity index is 1170. The molecule has 0 bridgehead atoms. The van der Waals surface area contributed by atoms with E-state index in [9.17, 15) is 14.4 Å². The van der Waals surface area contributed by atoms with E-state index < -0.39 is 11.5 Å². The van der Waals surface area contributed by atoms with E-state index >= 15 is 0 Å². The Morgan fingerprint density at radius 2 is 1.84 bits per heavy atom. The molecule has 8 nitrogen and oxygen atoms in total. The smallest absolute Gasteiger partial charge is 0.349 e. The maximum Gasteiger partial charge on any atom is 0.349 e. The summed E-state index contributed by atoms with van der Waals surface area (Å²) in [6, 6.07) is 11.7. The number of ether oxygens (including phenoxy) is 2. The van der Waals surface area contributed by atoms with Crippen molar-refractivity contribution in [2.75, 3.05) is 19.0 Å². The van der Waals surface area contributed by atoms with Gasteiger partial charge in [-0.3, -0.25) is 9.59 Å². The number of hydrogen-bond acceptors (Lipinski definition) is 6. The summed E-state index contributed by atoms with van der Waals surface area (Å²) in [6.07, 6.45) is 0. The predicted octanol–water partition coefficient (Wildman–Crippen LogP) is 3.65. The van der Waals surface area contributed by atoms with E-state index in [-0.39, 0.29) is 23.1 Å². The fourth-order valence-corrected chi connectivity index (χ4v) is 3.18. The summed E-state index contributed by atoms with van der Waals surface area (Å²) in [5.41, 5.74) is 0.703. The summed E-state index contributed by atoms with van der Waals surface area (Å²) in [5.74, 6) is 0.0313. The number of rotatable bonds is 7. The fourth-order valence-electron chi connectivity index (χ4n) is 3.18. The van der Waals surface area contributed by atoms with E-state index in [1.54, 1.807) is 43.3 Å². The van der Waals surface area contributed by atoms with Gasteiger partial charge in [0.15, 0.2) is 11.3 Å². The molecule has 0 saturated heterocycles. The molecule has 1 heterocycles. The lowest BCUT2D eigenvalue weighted by Crippen LogP contribution is -2.23. The van der Waals surface area contributed by atoms with Gasteiger partial charge in [-0.05, 0) is 49.7 Å². The molecule has 3 aromatic rings. The number of carbonyl (C=O) groups excluding carboxylic acids is 2. The third kappa shape index (κ3) is 4.85. The van der Waals surface area contributed by atoms with Gasteiger partial charge >= 0.3 is 5.63 Å². The minimum Gasteiger partial charge on any atom is -0.493 e. The second-order valence-electron chi connectivity index (χ2n) is 6.89. The minimum absolute atomic E-state index is 0.127. The Labute approximate surface area is 179 Å². The molecule has 2 N–H and O–H groups in total. The van der Waals surface area contributed by atoms with Crippen molar-refractivity contribution in [1.82, 2.24) is 5.32 Å². The summed E-state index contributed by atoms with van der Waals surface area (Å²) in [5, 5.41) is 6.02. The highest BCUT2D eigenvalue weighted by Gasteiger charge is 2.18. The van der Waals surface area contributed by atoms with Crippen LogP contribution in [0.1, 0.15) is 42.7 Å². The quantitative estimate of drug-likeness (QED) is 0.561. The summed E-state index contributed by atoms with van der Waals surface area (Å²) < 4.78 is 16.2. The van der Waals surface area contributed by atoms with Crippen LogP contribution >= 0.6 is 0 Å². The first-order valence-electron chi connectivity index (χ1n) is 9.80. The van der Waals surface area contributed by atoms with E-state index in [2.05, 4.69) is 10.6 Å². The Balaban J connectivity index is 1.86. The Morgan fingerprint density at radius 1 is 1.13 bits per heavy atom. The largest absolute Gasteiger partial charge is 0.493 e. The molecule has 0 radical (unpaired) electrons. The zero-order valence-corrected chi connectivity index (χ0v) is 17.8. The third-order valence-corrected chi connectivity index (χ3v) is 4.66. The number of fused-ring (bicyclic) bond motifs is 1. The van der Waals surface area contributed by atoms with Crippen LogP contribution in [-0.2, 0) is 4.79 Å². The lowest BCUT2D eigenvalue weighted by Gasteiger charge is -2.14. The van der Waals surface area contributed by atoms with Crippen LogP contribution in [0.25, 0.3) is 11.0 Å². The van der Waals surface area contributed by atoms with Crippen LogP contribution in [-0.4, -0.2) is 25.5 Å². The zero-order valence-electron chi connectivity index (χ0n) is 17.8. The summed E-state index contributed by atoms with van der Waals surface area (Å²) in [6.45, 7) is 5.48. The maximum absolute atomic E-state index is 12.7. The van der Waals surface area contributed by atoms with Crippen molar-refractivity contribution in [3.8, 4) is 11.5 Å². The van der Waals surface area contributed by atoms with Gasteiger partial charge in [0.2, 0.25) is 11.7 Å². The van der Waals surface area contributed by atoms with E-state index in [0.717, 1.165) is 5.56 Å². The van der Waals surface area contributed by atoms with E-state index in [4.69, 9.17) is 13.9 Å². The van der Waals surface area contributed by atoms with Crippen molar-refractivity contribution < 1.29 is 23.5 Å². The highest BCUT2D eigenvalue weighted by Crippen LogP contribution is 2.35. The standard InChI is InChI=1S/C23H24N2O6/c1-5-30-21-19(29-4)11-8-16-12-18(23(28)31-20(16)21)22(27)25-17-9-6-15(7-10-17)13(2)24-14(3)26/h6-13H,5H2,1-4H3,(H,24,26)(H,25,27)/t13-/m0/s1. The molecule has 0 aliphatic rings. The van der Waals surface area contributed by atoms with Crippen LogP contribution in [0, 0.1) is 0 Å². The molecule has 0 spiro atoms. The number of carbonyl (C=O) groups is 2. The van der Waals surface area contributed by atoms with Crippen LogP contribution in [0.2, 0.25) is 0 Å². The lowest BCUT2D eigenvalue weighted by molar-refractivity contribution is -0.119. The number of amides is 2. The van der Waals surface area contributed by atoms with Gasteiger partial charge in [0, 0.05) is 18.0 Å². The minimum atomic E-state index is -0.782. The van der Waals surface area contributed by atoms with Gasteiger partial charge in [-0.15, -0.1) is 0 Å². The number of methoxy groups -OCH3 is 1. The van der Waals surface area contributed by atoms with Crippen LogP contribution in [0.5, 0.6) is 11.5 Å². The molecule has 0 aliphatic heterocycles. The molecule has 1 aromatic heterocycles. The highest BCUT2D eigenvalue weighted by molar-refractivity contribution is 6.05. The number of nitrogens with one attached hydrogen (secondary N) is 2. The number of benzene rings is 2. The first-order chi connectivity index (χ1) is 14.8. The fraction of sp³-hybridized carbons (Fsp3) is 0.261. The molecule has 0 unspecified atom stereocenters.